The lowest BCUT2D eigenvalue weighted by atomic mass is 10.0. The minimum Gasteiger partial charge on any atom is -0.481 e. The van der Waals surface area contributed by atoms with Crippen LogP contribution in [0.2, 0.25) is 0 Å². The number of aryl methyl sites for hydroxylation is 2. The van der Waals surface area contributed by atoms with Gasteiger partial charge in [0.2, 0.25) is 10.0 Å². The molecule has 1 aliphatic carbocycles. The third-order valence-corrected chi connectivity index (χ3v) is 6.30. The second kappa shape index (κ2) is 5.42. The molecule has 0 unspecified atom stereocenters. The SMILES string of the molecule is O=C(O)[C@H]1CCCN(S(=O)(=O)c2ccc3c(c2)CCC3)C1. The van der Waals surface area contributed by atoms with Crippen molar-refractivity contribution in [3.8, 4) is 0 Å². The Morgan fingerprint density at radius 2 is 1.95 bits per heavy atom. The first-order valence-electron chi connectivity index (χ1n) is 7.33. The Morgan fingerprint density at radius 1 is 1.19 bits per heavy atom. The zero-order chi connectivity index (χ0) is 15.0. The lowest BCUT2D eigenvalue weighted by Crippen LogP contribution is -2.42. The van der Waals surface area contributed by atoms with Crippen molar-refractivity contribution in [2.24, 2.45) is 5.92 Å². The summed E-state index contributed by atoms with van der Waals surface area (Å²) in [6.07, 6.45) is 4.16. The number of benzene rings is 1. The monoisotopic (exact) mass is 309 g/mol. The van der Waals surface area contributed by atoms with Crippen molar-refractivity contribution in [1.29, 1.82) is 0 Å². The van der Waals surface area contributed by atoms with E-state index in [1.807, 2.05) is 6.07 Å². The van der Waals surface area contributed by atoms with E-state index in [4.69, 9.17) is 5.11 Å². The number of rotatable bonds is 3. The molecule has 6 heteroatoms. The maximum absolute atomic E-state index is 12.7. The summed E-state index contributed by atoms with van der Waals surface area (Å²) in [6.45, 7) is 0.484. The summed E-state index contributed by atoms with van der Waals surface area (Å²) < 4.78 is 26.7. The molecular weight excluding hydrogens is 290 g/mol. The molecule has 1 N–H and O–H groups in total. The van der Waals surface area contributed by atoms with Gasteiger partial charge in [0.25, 0.3) is 0 Å². The summed E-state index contributed by atoms with van der Waals surface area (Å²) in [6, 6.07) is 5.32. The highest BCUT2D eigenvalue weighted by molar-refractivity contribution is 7.89. The van der Waals surface area contributed by atoms with Gasteiger partial charge in [-0.1, -0.05) is 6.07 Å². The van der Waals surface area contributed by atoms with Crippen LogP contribution in [0.3, 0.4) is 0 Å². The topological polar surface area (TPSA) is 74.7 Å². The van der Waals surface area contributed by atoms with Crippen molar-refractivity contribution in [2.75, 3.05) is 13.1 Å². The quantitative estimate of drug-likeness (QED) is 0.921. The number of carbonyl (C=O) groups is 1. The fourth-order valence-corrected chi connectivity index (χ4v) is 4.80. The number of carboxylic acids is 1. The standard InChI is InChI=1S/C15H19NO4S/c17-15(18)13-5-2-8-16(10-13)21(19,20)14-7-6-11-3-1-4-12(11)9-14/h6-7,9,13H,1-5,8,10H2,(H,17,18)/t13-/m0/s1. The van der Waals surface area contributed by atoms with Gasteiger partial charge in [-0.3, -0.25) is 4.79 Å². The summed E-state index contributed by atoms with van der Waals surface area (Å²) >= 11 is 0. The lowest BCUT2D eigenvalue weighted by molar-refractivity contribution is -0.142. The normalized spacial score (nSPS) is 23.0. The number of carboxylic acid groups (broad SMARTS) is 1. The minimum atomic E-state index is -3.58. The van der Waals surface area contributed by atoms with Gasteiger partial charge in [0, 0.05) is 13.1 Å². The van der Waals surface area contributed by atoms with Crippen molar-refractivity contribution in [3.05, 3.63) is 29.3 Å². The Kier molecular flexibility index (Phi) is 3.75. The molecule has 1 fully saturated rings. The van der Waals surface area contributed by atoms with Crippen molar-refractivity contribution in [3.63, 3.8) is 0 Å². The third-order valence-electron chi connectivity index (χ3n) is 4.44. The van der Waals surface area contributed by atoms with Gasteiger partial charge in [0.05, 0.1) is 10.8 Å². The van der Waals surface area contributed by atoms with E-state index in [0.717, 1.165) is 24.8 Å². The number of fused-ring (bicyclic) bond motifs is 1. The Hall–Kier alpha value is -1.40. The highest BCUT2D eigenvalue weighted by Crippen LogP contribution is 2.28. The highest BCUT2D eigenvalue weighted by Gasteiger charge is 2.33. The third kappa shape index (κ3) is 2.70. The molecule has 0 radical (unpaired) electrons. The molecular formula is C15H19NO4S. The van der Waals surface area contributed by atoms with Crippen LogP contribution < -0.4 is 0 Å². The molecule has 1 atom stereocenters. The second-order valence-corrected chi connectivity index (χ2v) is 7.76. The highest BCUT2D eigenvalue weighted by atomic mass is 32.2. The molecule has 0 aromatic heterocycles. The van der Waals surface area contributed by atoms with Gasteiger partial charge in [-0.15, -0.1) is 0 Å². The van der Waals surface area contributed by atoms with Crippen LogP contribution in [-0.2, 0) is 27.7 Å². The molecule has 0 saturated carbocycles. The first-order valence-corrected chi connectivity index (χ1v) is 8.77. The van der Waals surface area contributed by atoms with Crippen LogP contribution in [0.1, 0.15) is 30.4 Å². The zero-order valence-corrected chi connectivity index (χ0v) is 12.6. The molecule has 21 heavy (non-hydrogen) atoms. The van der Waals surface area contributed by atoms with Crippen LogP contribution in [0, 0.1) is 5.92 Å². The molecule has 0 amide bonds. The van der Waals surface area contributed by atoms with Gasteiger partial charge in [-0.05, 0) is 55.4 Å². The summed E-state index contributed by atoms with van der Waals surface area (Å²) in [4.78, 5) is 11.4. The van der Waals surface area contributed by atoms with Crippen LogP contribution in [0.25, 0.3) is 0 Å². The van der Waals surface area contributed by atoms with E-state index in [-0.39, 0.29) is 6.54 Å². The van der Waals surface area contributed by atoms with Gasteiger partial charge in [-0.25, -0.2) is 8.42 Å². The molecule has 1 aromatic rings. The smallest absolute Gasteiger partial charge is 0.307 e. The number of hydrogen-bond donors (Lipinski definition) is 1. The van der Waals surface area contributed by atoms with Crippen molar-refractivity contribution >= 4 is 16.0 Å². The Balaban J connectivity index is 1.88. The number of hydrogen-bond acceptors (Lipinski definition) is 3. The predicted molar refractivity (Wildman–Crippen MR) is 77.6 cm³/mol. The number of sulfonamides is 1. The summed E-state index contributed by atoms with van der Waals surface area (Å²) in [5.74, 6) is -1.51. The molecule has 0 spiro atoms. The fraction of sp³-hybridized carbons (Fsp3) is 0.533. The first kappa shape index (κ1) is 14.5. The molecule has 114 valence electrons. The minimum absolute atomic E-state index is 0.0781. The van der Waals surface area contributed by atoms with E-state index >= 15 is 0 Å². The Bertz CT molecular complexity index is 668. The maximum Gasteiger partial charge on any atom is 0.307 e. The van der Waals surface area contributed by atoms with E-state index in [1.165, 1.54) is 9.87 Å². The maximum atomic E-state index is 12.7. The molecule has 3 rings (SSSR count). The van der Waals surface area contributed by atoms with Crippen LogP contribution in [0.5, 0.6) is 0 Å². The van der Waals surface area contributed by atoms with Crippen molar-refractivity contribution < 1.29 is 18.3 Å². The molecule has 1 aromatic carbocycles. The fourth-order valence-electron chi connectivity index (χ4n) is 3.22. The lowest BCUT2D eigenvalue weighted by Gasteiger charge is -2.29. The molecule has 5 nitrogen and oxygen atoms in total. The molecule has 2 aliphatic rings. The molecule has 1 aliphatic heterocycles. The summed E-state index contributed by atoms with van der Waals surface area (Å²) in [5, 5.41) is 9.10. The summed E-state index contributed by atoms with van der Waals surface area (Å²) in [5.41, 5.74) is 2.35. The average Bonchev–Trinajstić information content (AvgIpc) is 2.94. The zero-order valence-electron chi connectivity index (χ0n) is 11.8. The number of piperidine rings is 1. The number of nitrogens with zero attached hydrogens (tertiary/aromatic N) is 1. The van der Waals surface area contributed by atoms with Crippen LogP contribution in [-0.4, -0.2) is 36.9 Å². The van der Waals surface area contributed by atoms with Crippen LogP contribution >= 0.6 is 0 Å². The van der Waals surface area contributed by atoms with E-state index < -0.39 is 21.9 Å². The Morgan fingerprint density at radius 3 is 2.71 bits per heavy atom. The van der Waals surface area contributed by atoms with Crippen LogP contribution in [0.4, 0.5) is 0 Å². The largest absolute Gasteiger partial charge is 0.481 e. The van der Waals surface area contributed by atoms with Crippen molar-refractivity contribution in [1.82, 2.24) is 4.31 Å². The average molecular weight is 309 g/mol. The second-order valence-electron chi connectivity index (χ2n) is 5.82. The molecule has 1 heterocycles. The van der Waals surface area contributed by atoms with E-state index in [2.05, 4.69) is 0 Å². The van der Waals surface area contributed by atoms with Gasteiger partial charge in [0.15, 0.2) is 0 Å². The van der Waals surface area contributed by atoms with Gasteiger partial charge in [-0.2, -0.15) is 4.31 Å². The van der Waals surface area contributed by atoms with Crippen LogP contribution in [0.15, 0.2) is 23.1 Å². The predicted octanol–water partition coefficient (Wildman–Crippen LogP) is 1.66. The van der Waals surface area contributed by atoms with Gasteiger partial charge in [0.1, 0.15) is 0 Å². The molecule has 0 bridgehead atoms. The first-order chi connectivity index (χ1) is 9.98. The van der Waals surface area contributed by atoms with Gasteiger partial charge >= 0.3 is 5.97 Å². The van der Waals surface area contributed by atoms with E-state index in [1.54, 1.807) is 12.1 Å². The molecule has 1 saturated heterocycles. The van der Waals surface area contributed by atoms with Gasteiger partial charge < -0.3 is 5.11 Å². The number of aliphatic carboxylic acids is 1. The van der Waals surface area contributed by atoms with Crippen molar-refractivity contribution in [2.45, 2.75) is 37.0 Å². The summed E-state index contributed by atoms with van der Waals surface area (Å²) in [7, 11) is -3.58. The van der Waals surface area contributed by atoms with E-state index in [0.29, 0.717) is 24.3 Å². The van der Waals surface area contributed by atoms with E-state index in [9.17, 15) is 13.2 Å². The Labute approximate surface area is 124 Å².